The van der Waals surface area contributed by atoms with Gasteiger partial charge in [-0.15, -0.1) is 11.3 Å². The quantitative estimate of drug-likeness (QED) is 0.462. The number of nitrogens with zero attached hydrogens (tertiary/aromatic N) is 3. The molecule has 0 spiro atoms. The zero-order chi connectivity index (χ0) is 20.4. The van der Waals surface area contributed by atoms with Crippen LogP contribution in [0, 0.1) is 0 Å². The Balaban J connectivity index is 1.57. The molecular weight excluding hydrogens is 408 g/mol. The maximum Gasteiger partial charge on any atom is 0.270 e. The molecule has 29 heavy (non-hydrogen) atoms. The topological polar surface area (TPSA) is 71.3 Å². The van der Waals surface area contributed by atoms with E-state index in [1.165, 1.54) is 11.3 Å². The van der Waals surface area contributed by atoms with Gasteiger partial charge in [0.15, 0.2) is 0 Å². The van der Waals surface area contributed by atoms with Crippen LogP contribution in [0.2, 0.25) is 5.02 Å². The van der Waals surface area contributed by atoms with Gasteiger partial charge in [-0.3, -0.25) is 4.79 Å². The molecule has 0 aliphatic rings. The number of thiophene rings is 1. The van der Waals surface area contributed by atoms with Crippen molar-refractivity contribution in [2.24, 2.45) is 0 Å². The van der Waals surface area contributed by atoms with Gasteiger partial charge in [0, 0.05) is 35.9 Å². The van der Waals surface area contributed by atoms with Crippen LogP contribution in [0.15, 0.2) is 64.5 Å². The van der Waals surface area contributed by atoms with Crippen molar-refractivity contribution >= 4 is 40.2 Å². The number of anilines is 2. The van der Waals surface area contributed by atoms with Gasteiger partial charge < -0.3 is 14.7 Å². The molecule has 0 unspecified atom stereocenters. The van der Waals surface area contributed by atoms with E-state index in [1.54, 1.807) is 18.2 Å². The molecule has 0 fully saturated rings. The molecule has 0 saturated carbocycles. The van der Waals surface area contributed by atoms with Crippen LogP contribution in [0.25, 0.3) is 22.2 Å². The second-order valence-corrected chi connectivity index (χ2v) is 7.84. The van der Waals surface area contributed by atoms with Gasteiger partial charge >= 0.3 is 0 Å². The maximum absolute atomic E-state index is 12.7. The van der Waals surface area contributed by atoms with Gasteiger partial charge in [-0.25, -0.2) is 0 Å². The molecule has 8 heteroatoms. The number of hydrogen-bond donors (Lipinski definition) is 1. The maximum atomic E-state index is 12.7. The highest BCUT2D eigenvalue weighted by Gasteiger charge is 2.18. The predicted octanol–water partition coefficient (Wildman–Crippen LogP) is 5.44. The molecule has 6 nitrogen and oxygen atoms in total. The fourth-order valence-corrected chi connectivity index (χ4v) is 3.62. The van der Waals surface area contributed by atoms with Crippen molar-refractivity contribution in [1.29, 1.82) is 0 Å². The van der Waals surface area contributed by atoms with Crippen molar-refractivity contribution in [3.63, 3.8) is 0 Å². The van der Waals surface area contributed by atoms with E-state index >= 15 is 0 Å². The van der Waals surface area contributed by atoms with Crippen LogP contribution in [-0.4, -0.2) is 30.1 Å². The number of rotatable bonds is 5. The first-order valence-corrected chi connectivity index (χ1v) is 10.0. The van der Waals surface area contributed by atoms with Crippen molar-refractivity contribution in [3.05, 3.63) is 70.6 Å². The highest BCUT2D eigenvalue weighted by molar-refractivity contribution is 7.14. The van der Waals surface area contributed by atoms with E-state index in [9.17, 15) is 4.79 Å². The second kappa shape index (κ2) is 8.06. The van der Waals surface area contributed by atoms with E-state index in [2.05, 4.69) is 15.5 Å². The number of amides is 1. The Morgan fingerprint density at radius 3 is 2.69 bits per heavy atom. The lowest BCUT2D eigenvalue weighted by molar-refractivity contribution is 0.102. The van der Waals surface area contributed by atoms with Gasteiger partial charge in [0.1, 0.15) is 4.88 Å². The van der Waals surface area contributed by atoms with Gasteiger partial charge in [0.2, 0.25) is 5.82 Å². The number of hydrogen-bond acceptors (Lipinski definition) is 6. The van der Waals surface area contributed by atoms with Gasteiger partial charge in [0.05, 0.1) is 5.69 Å². The van der Waals surface area contributed by atoms with Crippen molar-refractivity contribution in [3.8, 4) is 22.2 Å². The Hall–Kier alpha value is -3.16. The first-order chi connectivity index (χ1) is 14.0. The van der Waals surface area contributed by atoms with E-state index in [-0.39, 0.29) is 5.91 Å². The number of carbonyl (C=O) groups is 1. The predicted molar refractivity (Wildman–Crippen MR) is 117 cm³/mol. The molecular formula is C21H17ClN4O2S. The van der Waals surface area contributed by atoms with Crippen LogP contribution in [0.1, 0.15) is 10.4 Å². The van der Waals surface area contributed by atoms with Crippen molar-refractivity contribution in [2.45, 2.75) is 0 Å². The lowest BCUT2D eigenvalue weighted by atomic mass is 10.1. The first-order valence-electron chi connectivity index (χ1n) is 8.77. The minimum absolute atomic E-state index is 0.203. The summed E-state index contributed by atoms with van der Waals surface area (Å²) >= 11 is 7.35. The lowest BCUT2D eigenvalue weighted by Gasteiger charge is -2.13. The standard InChI is InChI=1S/C21H17ClN4O2S/c1-26(2)16-5-3-4-14(12-16)20(27)23-17-10-11-29-18(17)21-24-19(25-28-21)13-6-8-15(22)9-7-13/h3-12H,1-2H3,(H,23,27). The van der Waals surface area contributed by atoms with Crippen LogP contribution in [0.4, 0.5) is 11.4 Å². The number of carbonyl (C=O) groups excluding carboxylic acids is 1. The Morgan fingerprint density at radius 1 is 1.14 bits per heavy atom. The van der Waals surface area contributed by atoms with Gasteiger partial charge in [-0.05, 0) is 53.9 Å². The summed E-state index contributed by atoms with van der Waals surface area (Å²) in [4.78, 5) is 19.8. The SMILES string of the molecule is CN(C)c1cccc(C(=O)Nc2ccsc2-c2nc(-c3ccc(Cl)cc3)no2)c1. The normalized spacial score (nSPS) is 10.7. The molecule has 4 rings (SSSR count). The Morgan fingerprint density at radius 2 is 1.93 bits per heavy atom. The van der Waals surface area contributed by atoms with E-state index in [0.29, 0.717) is 32.9 Å². The van der Waals surface area contributed by atoms with Crippen LogP contribution in [0.5, 0.6) is 0 Å². The number of nitrogens with one attached hydrogen (secondary N) is 1. The molecule has 4 aromatic rings. The Labute approximate surface area is 176 Å². The fraction of sp³-hybridized carbons (Fsp3) is 0.0952. The van der Waals surface area contributed by atoms with Crippen LogP contribution in [0.3, 0.4) is 0 Å². The minimum atomic E-state index is -0.203. The van der Waals surface area contributed by atoms with Gasteiger partial charge in [-0.1, -0.05) is 22.8 Å². The third-order valence-corrected chi connectivity index (χ3v) is 5.42. The largest absolute Gasteiger partial charge is 0.378 e. The average molecular weight is 425 g/mol. The lowest BCUT2D eigenvalue weighted by Crippen LogP contribution is -2.14. The van der Waals surface area contributed by atoms with Crippen LogP contribution < -0.4 is 10.2 Å². The summed E-state index contributed by atoms with van der Waals surface area (Å²) in [6.07, 6.45) is 0. The summed E-state index contributed by atoms with van der Waals surface area (Å²) in [5.74, 6) is 0.606. The number of halogens is 1. The third-order valence-electron chi connectivity index (χ3n) is 4.26. The van der Waals surface area contributed by atoms with Crippen LogP contribution >= 0.6 is 22.9 Å². The van der Waals surface area contributed by atoms with Crippen molar-refractivity contribution < 1.29 is 9.32 Å². The molecule has 0 saturated heterocycles. The molecule has 1 N–H and O–H groups in total. The summed E-state index contributed by atoms with van der Waals surface area (Å²) in [5, 5.41) is 9.48. The van der Waals surface area contributed by atoms with E-state index in [0.717, 1.165) is 11.3 Å². The molecule has 2 aromatic heterocycles. The molecule has 1 amide bonds. The Bertz CT molecular complexity index is 1150. The molecule has 0 atom stereocenters. The second-order valence-electron chi connectivity index (χ2n) is 6.49. The van der Waals surface area contributed by atoms with E-state index in [1.807, 2.05) is 60.8 Å². The Kier molecular flexibility index (Phi) is 5.33. The summed E-state index contributed by atoms with van der Waals surface area (Å²) < 4.78 is 5.43. The number of benzene rings is 2. The monoisotopic (exact) mass is 424 g/mol. The average Bonchev–Trinajstić information content (AvgIpc) is 3.38. The molecule has 0 bridgehead atoms. The first kappa shape index (κ1) is 19.2. The van der Waals surface area contributed by atoms with Gasteiger partial charge in [0.25, 0.3) is 11.8 Å². The van der Waals surface area contributed by atoms with Crippen molar-refractivity contribution in [2.75, 3.05) is 24.3 Å². The molecule has 0 aliphatic heterocycles. The highest BCUT2D eigenvalue weighted by Crippen LogP contribution is 2.34. The smallest absolute Gasteiger partial charge is 0.270 e. The highest BCUT2D eigenvalue weighted by atomic mass is 35.5. The zero-order valence-electron chi connectivity index (χ0n) is 15.7. The molecule has 146 valence electrons. The van der Waals surface area contributed by atoms with Gasteiger partial charge in [-0.2, -0.15) is 4.98 Å². The zero-order valence-corrected chi connectivity index (χ0v) is 17.3. The third kappa shape index (κ3) is 4.16. The fourth-order valence-electron chi connectivity index (χ4n) is 2.73. The van der Waals surface area contributed by atoms with Crippen LogP contribution in [-0.2, 0) is 0 Å². The summed E-state index contributed by atoms with van der Waals surface area (Å²) in [5.41, 5.74) is 2.95. The minimum Gasteiger partial charge on any atom is -0.378 e. The molecule has 0 radical (unpaired) electrons. The van der Waals surface area contributed by atoms with E-state index < -0.39 is 0 Å². The summed E-state index contributed by atoms with van der Waals surface area (Å²) in [6, 6.07) is 16.4. The molecule has 2 heterocycles. The van der Waals surface area contributed by atoms with E-state index in [4.69, 9.17) is 16.1 Å². The summed E-state index contributed by atoms with van der Waals surface area (Å²) in [7, 11) is 3.86. The van der Waals surface area contributed by atoms with Crippen molar-refractivity contribution in [1.82, 2.24) is 10.1 Å². The molecule has 0 aliphatic carbocycles. The molecule has 2 aromatic carbocycles. The number of aromatic nitrogens is 2. The summed E-state index contributed by atoms with van der Waals surface area (Å²) in [6.45, 7) is 0.